The summed E-state index contributed by atoms with van der Waals surface area (Å²) >= 11 is 0. The summed E-state index contributed by atoms with van der Waals surface area (Å²) in [5, 5.41) is 16.5. The molecule has 0 bridgehead atoms. The van der Waals surface area contributed by atoms with Crippen LogP contribution in [0.5, 0.6) is 5.75 Å². The van der Waals surface area contributed by atoms with Crippen molar-refractivity contribution in [2.75, 3.05) is 6.54 Å². The van der Waals surface area contributed by atoms with Gasteiger partial charge in [0.05, 0.1) is 6.04 Å². The van der Waals surface area contributed by atoms with Gasteiger partial charge in [0.15, 0.2) is 0 Å². The molecule has 9 nitrogen and oxygen atoms in total. The molecule has 198 valence electrons. The van der Waals surface area contributed by atoms with Gasteiger partial charge < -0.3 is 15.7 Å². The summed E-state index contributed by atoms with van der Waals surface area (Å²) in [5.41, 5.74) is 3.62. The zero-order chi connectivity index (χ0) is 27.1. The molecule has 1 aliphatic heterocycles. The van der Waals surface area contributed by atoms with E-state index in [2.05, 4.69) is 16.1 Å². The Bertz CT molecular complexity index is 828. The molecule has 0 spiro atoms. The lowest BCUT2D eigenvalue weighted by atomic mass is 10.00. The van der Waals surface area contributed by atoms with Crippen molar-refractivity contribution in [3.05, 3.63) is 29.8 Å². The van der Waals surface area contributed by atoms with Crippen molar-refractivity contribution in [3.8, 4) is 5.75 Å². The lowest BCUT2D eigenvalue weighted by Gasteiger charge is -2.35. The molecule has 1 saturated heterocycles. The minimum Gasteiger partial charge on any atom is -0.508 e. The number of benzene rings is 1. The smallest absolute Gasteiger partial charge is 0.259 e. The van der Waals surface area contributed by atoms with Crippen LogP contribution in [-0.4, -0.2) is 58.3 Å². The first-order valence-corrected chi connectivity index (χ1v) is 12.5. The molecule has 1 aromatic rings. The van der Waals surface area contributed by atoms with E-state index in [1.54, 1.807) is 26.0 Å². The standard InChI is InChI=1S/C22H32N4O5.2C2H6/c1-13(2)20(23-15(4)28)21(30)24-19(12-16-7-5-8-17(29)11-16)22(31)26-10-6-9-18(25-26)14(3)27;2*1-2/h5,7-8,11,13,18-20,25,29H,6,9-10,12H2,1-4H3,(H,23,28)(H,24,30);2*1-2H3. The Balaban J connectivity index is 0.00000274. The maximum atomic E-state index is 13.3. The Morgan fingerprint density at radius 3 is 2.23 bits per heavy atom. The molecule has 0 aromatic heterocycles. The van der Waals surface area contributed by atoms with E-state index in [4.69, 9.17) is 0 Å². The largest absolute Gasteiger partial charge is 0.508 e. The minimum atomic E-state index is -0.942. The van der Waals surface area contributed by atoms with E-state index in [1.807, 2.05) is 27.7 Å². The lowest BCUT2D eigenvalue weighted by molar-refractivity contribution is -0.143. The van der Waals surface area contributed by atoms with Gasteiger partial charge in [0, 0.05) is 19.9 Å². The maximum Gasteiger partial charge on any atom is 0.259 e. The number of Topliss-reactive ketones (excluding diaryl/α,β-unsaturated/α-hetero) is 1. The molecular formula is C26H44N4O5. The molecule has 3 unspecified atom stereocenters. The predicted molar refractivity (Wildman–Crippen MR) is 137 cm³/mol. The van der Waals surface area contributed by atoms with E-state index in [9.17, 15) is 24.3 Å². The number of nitrogens with one attached hydrogen (secondary N) is 3. The van der Waals surface area contributed by atoms with Gasteiger partial charge in [-0.15, -0.1) is 0 Å². The fourth-order valence-corrected chi connectivity index (χ4v) is 3.56. The van der Waals surface area contributed by atoms with Crippen LogP contribution >= 0.6 is 0 Å². The number of phenolic OH excluding ortho intramolecular Hbond substituents is 1. The highest BCUT2D eigenvalue weighted by Gasteiger charge is 2.33. The maximum absolute atomic E-state index is 13.3. The summed E-state index contributed by atoms with van der Waals surface area (Å²) in [6.07, 6.45) is 1.45. The Morgan fingerprint density at radius 1 is 1.09 bits per heavy atom. The molecule has 3 atom stereocenters. The molecule has 1 fully saturated rings. The molecule has 35 heavy (non-hydrogen) atoms. The average molecular weight is 493 g/mol. The second kappa shape index (κ2) is 16.6. The van der Waals surface area contributed by atoms with Crippen LogP contribution in [-0.2, 0) is 25.6 Å². The zero-order valence-corrected chi connectivity index (χ0v) is 22.5. The first kappa shape index (κ1) is 32.1. The summed E-state index contributed by atoms with van der Waals surface area (Å²) in [7, 11) is 0. The lowest BCUT2D eigenvalue weighted by Crippen LogP contribution is -2.61. The highest BCUT2D eigenvalue weighted by Crippen LogP contribution is 2.16. The molecule has 1 heterocycles. The van der Waals surface area contributed by atoms with Crippen LogP contribution in [0.2, 0.25) is 0 Å². The van der Waals surface area contributed by atoms with Crippen LogP contribution in [0.1, 0.15) is 73.8 Å². The number of carbonyl (C=O) groups excluding carboxylic acids is 4. The molecule has 4 N–H and O–H groups in total. The Labute approximate surface area is 210 Å². The SMILES string of the molecule is CC.CC.CC(=O)NC(C(=O)NC(Cc1cccc(O)c1)C(=O)N1CCCC(C(C)=O)N1)C(C)C. The number of hydrogen-bond donors (Lipinski definition) is 4. The Hall–Kier alpha value is -2.94. The third-order valence-corrected chi connectivity index (χ3v) is 5.22. The number of hydrazine groups is 1. The number of nitrogens with zero attached hydrogens (tertiary/aromatic N) is 1. The highest BCUT2D eigenvalue weighted by atomic mass is 16.3. The summed E-state index contributed by atoms with van der Waals surface area (Å²) in [6, 6.07) is 4.28. The van der Waals surface area contributed by atoms with E-state index >= 15 is 0 Å². The topological polar surface area (TPSA) is 128 Å². The van der Waals surface area contributed by atoms with Gasteiger partial charge in [-0.25, -0.2) is 5.43 Å². The van der Waals surface area contributed by atoms with Gasteiger partial charge in [-0.1, -0.05) is 53.7 Å². The monoisotopic (exact) mass is 492 g/mol. The second-order valence-electron chi connectivity index (χ2n) is 8.28. The van der Waals surface area contributed by atoms with E-state index in [-0.39, 0.29) is 35.7 Å². The molecule has 9 heteroatoms. The summed E-state index contributed by atoms with van der Waals surface area (Å²) in [4.78, 5) is 49.5. The molecular weight excluding hydrogens is 448 g/mol. The Kier molecular flexibility index (Phi) is 15.2. The van der Waals surface area contributed by atoms with Crippen LogP contribution in [0.4, 0.5) is 0 Å². The van der Waals surface area contributed by atoms with Gasteiger partial charge in [0.25, 0.3) is 5.91 Å². The van der Waals surface area contributed by atoms with Gasteiger partial charge in [0.2, 0.25) is 11.8 Å². The van der Waals surface area contributed by atoms with Crippen LogP contribution in [0.15, 0.2) is 24.3 Å². The number of rotatable bonds is 8. The number of aromatic hydroxyl groups is 1. The number of amides is 3. The molecule has 2 rings (SSSR count). The highest BCUT2D eigenvalue weighted by molar-refractivity contribution is 5.92. The van der Waals surface area contributed by atoms with Crippen molar-refractivity contribution in [3.63, 3.8) is 0 Å². The molecule has 0 aliphatic carbocycles. The van der Waals surface area contributed by atoms with Crippen LogP contribution in [0, 0.1) is 5.92 Å². The van der Waals surface area contributed by atoms with Gasteiger partial charge in [-0.05, 0) is 43.4 Å². The molecule has 1 aliphatic rings. The quantitative estimate of drug-likeness (QED) is 0.442. The van der Waals surface area contributed by atoms with E-state index < -0.39 is 24.0 Å². The minimum absolute atomic E-state index is 0.0565. The number of ketones is 1. The first-order chi connectivity index (χ1) is 16.6. The van der Waals surface area contributed by atoms with Crippen molar-refractivity contribution in [1.82, 2.24) is 21.1 Å². The normalized spacial score (nSPS) is 16.5. The van der Waals surface area contributed by atoms with Gasteiger partial charge >= 0.3 is 0 Å². The average Bonchev–Trinajstić information content (AvgIpc) is 2.84. The summed E-state index contributed by atoms with van der Waals surface area (Å²) in [5.74, 6) is -1.38. The van der Waals surface area contributed by atoms with Crippen LogP contribution in [0.3, 0.4) is 0 Å². The van der Waals surface area contributed by atoms with Crippen molar-refractivity contribution in [1.29, 1.82) is 0 Å². The fraction of sp³-hybridized carbons (Fsp3) is 0.615. The van der Waals surface area contributed by atoms with E-state index in [1.165, 1.54) is 31.0 Å². The predicted octanol–water partition coefficient (Wildman–Crippen LogP) is 2.72. The third-order valence-electron chi connectivity index (χ3n) is 5.22. The van der Waals surface area contributed by atoms with Crippen molar-refractivity contribution < 1.29 is 24.3 Å². The molecule has 0 saturated carbocycles. The van der Waals surface area contributed by atoms with Crippen molar-refractivity contribution in [2.45, 2.75) is 92.8 Å². The molecule has 1 aromatic carbocycles. The van der Waals surface area contributed by atoms with Crippen molar-refractivity contribution >= 4 is 23.5 Å². The summed E-state index contributed by atoms with van der Waals surface area (Å²) < 4.78 is 0. The second-order valence-corrected chi connectivity index (χ2v) is 8.28. The number of carbonyl (C=O) groups is 4. The van der Waals surface area contributed by atoms with Gasteiger partial charge in [0.1, 0.15) is 23.6 Å². The van der Waals surface area contributed by atoms with Gasteiger partial charge in [-0.2, -0.15) is 0 Å². The first-order valence-electron chi connectivity index (χ1n) is 12.5. The molecule has 0 radical (unpaired) electrons. The van der Waals surface area contributed by atoms with Gasteiger partial charge in [-0.3, -0.25) is 24.2 Å². The van der Waals surface area contributed by atoms with Crippen LogP contribution < -0.4 is 16.1 Å². The zero-order valence-electron chi connectivity index (χ0n) is 22.5. The number of hydrogen-bond acceptors (Lipinski definition) is 6. The summed E-state index contributed by atoms with van der Waals surface area (Å²) in [6.45, 7) is 14.8. The van der Waals surface area contributed by atoms with Crippen molar-refractivity contribution in [2.24, 2.45) is 5.92 Å². The van der Waals surface area contributed by atoms with E-state index in [0.29, 0.717) is 24.9 Å². The molecule has 3 amide bonds. The van der Waals surface area contributed by atoms with Crippen LogP contribution in [0.25, 0.3) is 0 Å². The number of phenols is 1. The fourth-order valence-electron chi connectivity index (χ4n) is 3.56. The third kappa shape index (κ3) is 10.9. The Morgan fingerprint density at radius 2 is 1.71 bits per heavy atom. The van der Waals surface area contributed by atoms with E-state index in [0.717, 1.165) is 0 Å².